The molecule has 10 heteroatoms. The Kier molecular flexibility index (Phi) is 4.35. The lowest BCUT2D eigenvalue weighted by Crippen LogP contribution is -2.20. The molecule has 7 nitrogen and oxygen atoms in total. The molecule has 2 aromatic carbocycles. The SMILES string of the molecule is O=C(Nc1ccc([N+](=O)[O-])cc1O)Nc1ccc(F)c(F)c1F. The molecule has 2 amide bonds. The van der Waals surface area contributed by atoms with Crippen LogP contribution in [0.2, 0.25) is 0 Å². The summed E-state index contributed by atoms with van der Waals surface area (Å²) in [6.07, 6.45) is 0. The summed E-state index contributed by atoms with van der Waals surface area (Å²) in [5.74, 6) is -5.35. The van der Waals surface area contributed by atoms with Gasteiger partial charge in [-0.3, -0.25) is 10.1 Å². The van der Waals surface area contributed by atoms with Crippen LogP contribution in [-0.4, -0.2) is 16.1 Å². The molecule has 0 saturated heterocycles. The molecule has 0 unspecified atom stereocenters. The van der Waals surface area contributed by atoms with Crippen LogP contribution in [0.25, 0.3) is 0 Å². The van der Waals surface area contributed by atoms with E-state index in [0.717, 1.165) is 24.3 Å². The Morgan fingerprint density at radius 2 is 1.65 bits per heavy atom. The van der Waals surface area contributed by atoms with E-state index in [1.165, 1.54) is 0 Å². The number of phenolic OH excluding ortho intramolecular Hbond substituents is 1. The number of rotatable bonds is 3. The summed E-state index contributed by atoms with van der Waals surface area (Å²) in [7, 11) is 0. The van der Waals surface area contributed by atoms with Crippen LogP contribution in [0, 0.1) is 27.6 Å². The largest absolute Gasteiger partial charge is 0.506 e. The Bertz CT molecular complexity index is 798. The molecule has 120 valence electrons. The molecule has 0 atom stereocenters. The molecule has 0 aliphatic rings. The Morgan fingerprint density at radius 1 is 1.04 bits per heavy atom. The summed E-state index contributed by atoms with van der Waals surface area (Å²) in [6.45, 7) is 0. The minimum Gasteiger partial charge on any atom is -0.506 e. The molecule has 0 aliphatic carbocycles. The highest BCUT2D eigenvalue weighted by Crippen LogP contribution is 2.28. The third-order valence-electron chi connectivity index (χ3n) is 2.72. The summed E-state index contributed by atoms with van der Waals surface area (Å²) < 4.78 is 39.2. The minimum atomic E-state index is -1.75. The molecule has 0 aliphatic heterocycles. The lowest BCUT2D eigenvalue weighted by Gasteiger charge is -2.10. The van der Waals surface area contributed by atoms with Gasteiger partial charge in [0.2, 0.25) is 0 Å². The van der Waals surface area contributed by atoms with Gasteiger partial charge in [0.1, 0.15) is 5.75 Å². The number of benzene rings is 2. The number of carbonyl (C=O) groups excluding carboxylic acids is 1. The monoisotopic (exact) mass is 327 g/mol. The van der Waals surface area contributed by atoms with Crippen LogP contribution in [0.3, 0.4) is 0 Å². The fraction of sp³-hybridized carbons (Fsp3) is 0. The van der Waals surface area contributed by atoms with Crippen molar-refractivity contribution in [2.45, 2.75) is 0 Å². The Balaban J connectivity index is 2.14. The van der Waals surface area contributed by atoms with E-state index in [1.54, 1.807) is 0 Å². The molecule has 0 saturated carbocycles. The first-order valence-corrected chi connectivity index (χ1v) is 5.98. The van der Waals surface area contributed by atoms with Crippen LogP contribution < -0.4 is 10.6 Å². The maximum Gasteiger partial charge on any atom is 0.323 e. The number of aromatic hydroxyl groups is 1. The zero-order valence-corrected chi connectivity index (χ0v) is 11.1. The molecule has 0 heterocycles. The third kappa shape index (κ3) is 3.48. The van der Waals surface area contributed by atoms with Crippen LogP contribution in [0.5, 0.6) is 5.75 Å². The van der Waals surface area contributed by atoms with Crippen molar-refractivity contribution in [1.82, 2.24) is 0 Å². The van der Waals surface area contributed by atoms with Gasteiger partial charge >= 0.3 is 6.03 Å². The van der Waals surface area contributed by atoms with Crippen LogP contribution in [0.15, 0.2) is 30.3 Å². The number of phenols is 1. The number of urea groups is 1. The zero-order valence-electron chi connectivity index (χ0n) is 11.1. The van der Waals surface area contributed by atoms with Crippen molar-refractivity contribution in [3.8, 4) is 5.75 Å². The van der Waals surface area contributed by atoms with Gasteiger partial charge in [0.25, 0.3) is 5.69 Å². The van der Waals surface area contributed by atoms with Crippen LogP contribution >= 0.6 is 0 Å². The van der Waals surface area contributed by atoms with Crippen LogP contribution in [-0.2, 0) is 0 Å². The van der Waals surface area contributed by atoms with E-state index >= 15 is 0 Å². The lowest BCUT2D eigenvalue weighted by atomic mass is 10.2. The van der Waals surface area contributed by atoms with Crippen molar-refractivity contribution in [2.75, 3.05) is 10.6 Å². The molecule has 23 heavy (non-hydrogen) atoms. The molecule has 0 radical (unpaired) electrons. The Labute approximate surface area is 126 Å². The number of halogens is 3. The summed E-state index contributed by atoms with van der Waals surface area (Å²) in [6, 6.07) is 3.23. The van der Waals surface area contributed by atoms with E-state index in [0.29, 0.717) is 6.07 Å². The Morgan fingerprint density at radius 3 is 2.26 bits per heavy atom. The van der Waals surface area contributed by atoms with Crippen molar-refractivity contribution in [3.05, 3.63) is 57.9 Å². The summed E-state index contributed by atoms with van der Waals surface area (Å²) >= 11 is 0. The van der Waals surface area contributed by atoms with E-state index in [9.17, 15) is 33.2 Å². The quantitative estimate of drug-likeness (QED) is 0.348. The molecule has 3 N–H and O–H groups in total. The van der Waals surface area contributed by atoms with Gasteiger partial charge in [0, 0.05) is 6.07 Å². The number of nitro groups is 1. The van der Waals surface area contributed by atoms with Crippen molar-refractivity contribution in [1.29, 1.82) is 0 Å². The highest BCUT2D eigenvalue weighted by Gasteiger charge is 2.16. The van der Waals surface area contributed by atoms with Gasteiger partial charge in [-0.2, -0.15) is 0 Å². The normalized spacial score (nSPS) is 10.2. The van der Waals surface area contributed by atoms with Gasteiger partial charge < -0.3 is 15.7 Å². The van der Waals surface area contributed by atoms with Crippen molar-refractivity contribution in [2.24, 2.45) is 0 Å². The summed E-state index contributed by atoms with van der Waals surface area (Å²) in [4.78, 5) is 21.4. The van der Waals surface area contributed by atoms with E-state index in [1.807, 2.05) is 5.32 Å². The van der Waals surface area contributed by atoms with E-state index < -0.39 is 45.5 Å². The van der Waals surface area contributed by atoms with Crippen molar-refractivity contribution < 1.29 is 28.0 Å². The smallest absolute Gasteiger partial charge is 0.323 e. The molecule has 2 aromatic rings. The number of nitrogens with one attached hydrogen (secondary N) is 2. The molecule has 2 rings (SSSR count). The number of non-ortho nitro benzene ring substituents is 1. The van der Waals surface area contributed by atoms with Gasteiger partial charge in [-0.1, -0.05) is 0 Å². The number of nitro benzene ring substituents is 1. The number of hydrogen-bond acceptors (Lipinski definition) is 4. The molecular formula is C13H8F3N3O4. The molecule has 0 spiro atoms. The fourth-order valence-electron chi connectivity index (χ4n) is 1.64. The van der Waals surface area contributed by atoms with Crippen molar-refractivity contribution in [3.63, 3.8) is 0 Å². The number of amides is 2. The molecule has 0 fully saturated rings. The second-order valence-corrected chi connectivity index (χ2v) is 4.26. The first-order valence-electron chi connectivity index (χ1n) is 5.98. The van der Waals surface area contributed by atoms with Gasteiger partial charge in [-0.05, 0) is 18.2 Å². The standard InChI is InChI=1S/C13H8F3N3O4/c14-7-2-4-9(12(16)11(7)15)18-13(21)17-8-3-1-6(19(22)23)5-10(8)20/h1-5,20H,(H2,17,18,21). The van der Waals surface area contributed by atoms with Crippen LogP contribution in [0.1, 0.15) is 0 Å². The van der Waals surface area contributed by atoms with Gasteiger partial charge in [0.15, 0.2) is 17.5 Å². The molecular weight excluding hydrogens is 319 g/mol. The second-order valence-electron chi connectivity index (χ2n) is 4.26. The minimum absolute atomic E-state index is 0.198. The number of nitrogens with zero attached hydrogens (tertiary/aromatic N) is 1. The van der Waals surface area contributed by atoms with Crippen LogP contribution in [0.4, 0.5) is 35.0 Å². The first-order chi connectivity index (χ1) is 10.8. The first kappa shape index (κ1) is 16.1. The van der Waals surface area contributed by atoms with E-state index in [-0.39, 0.29) is 5.69 Å². The number of carbonyl (C=O) groups is 1. The van der Waals surface area contributed by atoms with Crippen molar-refractivity contribution >= 4 is 23.1 Å². The predicted molar refractivity (Wildman–Crippen MR) is 73.7 cm³/mol. The molecule has 0 aromatic heterocycles. The topological polar surface area (TPSA) is 104 Å². The zero-order chi connectivity index (χ0) is 17.1. The maximum atomic E-state index is 13.4. The predicted octanol–water partition coefficient (Wildman–Crippen LogP) is 3.36. The average Bonchev–Trinajstić information content (AvgIpc) is 2.49. The Hall–Kier alpha value is -3.30. The van der Waals surface area contributed by atoms with Gasteiger partial charge in [-0.25, -0.2) is 18.0 Å². The fourth-order valence-corrected chi connectivity index (χ4v) is 1.64. The third-order valence-corrected chi connectivity index (χ3v) is 2.72. The highest BCUT2D eigenvalue weighted by atomic mass is 19.2. The lowest BCUT2D eigenvalue weighted by molar-refractivity contribution is -0.384. The number of anilines is 2. The number of hydrogen-bond donors (Lipinski definition) is 3. The van der Waals surface area contributed by atoms with E-state index in [2.05, 4.69) is 5.32 Å². The van der Waals surface area contributed by atoms with Gasteiger partial charge in [0.05, 0.1) is 22.4 Å². The van der Waals surface area contributed by atoms with E-state index in [4.69, 9.17) is 0 Å². The maximum absolute atomic E-state index is 13.4. The average molecular weight is 327 g/mol. The van der Waals surface area contributed by atoms with Gasteiger partial charge in [-0.15, -0.1) is 0 Å². The second kappa shape index (κ2) is 6.22. The highest BCUT2D eigenvalue weighted by molar-refractivity contribution is 6.00. The summed E-state index contributed by atoms with van der Waals surface area (Å²) in [5, 5.41) is 24.1. The summed E-state index contributed by atoms with van der Waals surface area (Å²) in [5.41, 5.74) is -1.22. The molecule has 0 bridgehead atoms.